The van der Waals surface area contributed by atoms with Gasteiger partial charge in [0.15, 0.2) is 0 Å². The summed E-state index contributed by atoms with van der Waals surface area (Å²) in [6.45, 7) is 2.74. The van der Waals surface area contributed by atoms with Gasteiger partial charge in [0.05, 0.1) is 34.8 Å². The van der Waals surface area contributed by atoms with E-state index in [4.69, 9.17) is 0 Å². The molecule has 1 atom stereocenters. The van der Waals surface area contributed by atoms with Crippen LogP contribution in [0.2, 0.25) is 0 Å². The molecule has 1 fully saturated rings. The number of amides is 1. The van der Waals surface area contributed by atoms with Crippen LogP contribution in [-0.4, -0.2) is 68.5 Å². The quantitative estimate of drug-likeness (QED) is 0.366. The van der Waals surface area contributed by atoms with Gasteiger partial charge in [-0.05, 0) is 44.8 Å². The lowest BCUT2D eigenvalue weighted by molar-refractivity contribution is -0.140. The van der Waals surface area contributed by atoms with Gasteiger partial charge in [0, 0.05) is 25.5 Å². The number of nitrogens with zero attached hydrogens (tertiary/aromatic N) is 5. The van der Waals surface area contributed by atoms with Crippen LogP contribution in [0.5, 0.6) is 0 Å². The van der Waals surface area contributed by atoms with E-state index in [0.717, 1.165) is 5.69 Å². The van der Waals surface area contributed by atoms with Crippen molar-refractivity contribution < 1.29 is 14.7 Å². The summed E-state index contributed by atoms with van der Waals surface area (Å²) in [7, 11) is 3.80. The zero-order chi connectivity index (χ0) is 22.8. The standard InChI is InChI=1S/C24H25N5O3/c1-16-19(15-26-29(16)18-9-5-4-6-10-18)22(30)20-21(17-8-7-11-25-14-17)28(13-12-27(2)3)24(32)23(20)31/h4-11,14-15,21,30H,12-13H2,1-3H3. The third-order valence-corrected chi connectivity index (χ3v) is 5.59. The molecule has 1 N–H and O–H groups in total. The molecule has 32 heavy (non-hydrogen) atoms. The molecule has 1 aliphatic heterocycles. The molecule has 1 saturated heterocycles. The zero-order valence-corrected chi connectivity index (χ0v) is 18.3. The second-order valence-corrected chi connectivity index (χ2v) is 7.97. The van der Waals surface area contributed by atoms with E-state index in [2.05, 4.69) is 10.1 Å². The number of aliphatic hydroxyl groups excluding tert-OH is 1. The summed E-state index contributed by atoms with van der Waals surface area (Å²) in [6, 6.07) is 12.3. The highest BCUT2D eigenvalue weighted by atomic mass is 16.3. The number of rotatable bonds is 6. The van der Waals surface area contributed by atoms with Crippen LogP contribution >= 0.6 is 0 Å². The highest BCUT2D eigenvalue weighted by Crippen LogP contribution is 2.39. The summed E-state index contributed by atoms with van der Waals surface area (Å²) in [4.78, 5) is 33.6. The second-order valence-electron chi connectivity index (χ2n) is 7.97. The van der Waals surface area contributed by atoms with Crippen molar-refractivity contribution in [3.05, 3.63) is 83.4 Å². The number of aromatic nitrogens is 3. The van der Waals surface area contributed by atoms with Crippen LogP contribution in [0.25, 0.3) is 11.4 Å². The monoisotopic (exact) mass is 431 g/mol. The minimum Gasteiger partial charge on any atom is -0.507 e. The molecule has 0 spiro atoms. The van der Waals surface area contributed by atoms with Crippen LogP contribution in [0.15, 0.2) is 66.6 Å². The van der Waals surface area contributed by atoms with Gasteiger partial charge < -0.3 is 14.9 Å². The third kappa shape index (κ3) is 3.80. The second kappa shape index (κ2) is 8.76. The first-order valence-electron chi connectivity index (χ1n) is 10.3. The first kappa shape index (κ1) is 21.5. The van der Waals surface area contributed by atoms with Crippen LogP contribution in [0.1, 0.15) is 22.9 Å². The average Bonchev–Trinajstić information content (AvgIpc) is 3.30. The Labute approximate surface area is 186 Å². The highest BCUT2D eigenvalue weighted by Gasteiger charge is 2.46. The van der Waals surface area contributed by atoms with Crippen molar-refractivity contribution >= 4 is 17.4 Å². The maximum absolute atomic E-state index is 13.1. The Hall–Kier alpha value is -3.78. The third-order valence-electron chi connectivity index (χ3n) is 5.59. The van der Waals surface area contributed by atoms with Gasteiger partial charge in [0.2, 0.25) is 0 Å². The van der Waals surface area contributed by atoms with Gasteiger partial charge in [-0.15, -0.1) is 0 Å². The number of pyridine rings is 1. The number of hydrogen-bond acceptors (Lipinski definition) is 6. The summed E-state index contributed by atoms with van der Waals surface area (Å²) in [6.07, 6.45) is 4.77. The van der Waals surface area contributed by atoms with Crippen molar-refractivity contribution in [2.75, 3.05) is 27.2 Å². The molecule has 2 aromatic heterocycles. The number of hydrogen-bond donors (Lipinski definition) is 1. The Morgan fingerprint density at radius 1 is 1.09 bits per heavy atom. The SMILES string of the molecule is Cc1c(C(O)=C2C(=O)C(=O)N(CCN(C)C)C2c2cccnc2)cnn1-c1ccccc1. The van der Waals surface area contributed by atoms with Gasteiger partial charge >= 0.3 is 0 Å². The van der Waals surface area contributed by atoms with Crippen molar-refractivity contribution in [2.45, 2.75) is 13.0 Å². The summed E-state index contributed by atoms with van der Waals surface area (Å²) in [5.41, 5.74) is 2.63. The van der Waals surface area contributed by atoms with E-state index in [9.17, 15) is 14.7 Å². The number of carbonyl (C=O) groups excluding carboxylic acids is 2. The molecular formula is C24H25N5O3. The molecule has 1 aliphatic rings. The number of likely N-dealkylation sites (N-methyl/N-ethyl adjacent to an activating group) is 1. The number of benzene rings is 1. The predicted molar refractivity (Wildman–Crippen MR) is 120 cm³/mol. The summed E-state index contributed by atoms with van der Waals surface area (Å²) in [5, 5.41) is 15.7. The van der Waals surface area contributed by atoms with Gasteiger partial charge in [-0.1, -0.05) is 24.3 Å². The number of carbonyl (C=O) groups is 2. The highest BCUT2D eigenvalue weighted by molar-refractivity contribution is 6.46. The molecule has 164 valence electrons. The Morgan fingerprint density at radius 3 is 2.50 bits per heavy atom. The molecule has 3 heterocycles. The minimum absolute atomic E-state index is 0.0532. The maximum Gasteiger partial charge on any atom is 0.295 e. The summed E-state index contributed by atoms with van der Waals surface area (Å²) < 4.78 is 1.69. The molecular weight excluding hydrogens is 406 g/mol. The summed E-state index contributed by atoms with van der Waals surface area (Å²) >= 11 is 0. The molecule has 1 unspecified atom stereocenters. The Bertz CT molecular complexity index is 1170. The van der Waals surface area contributed by atoms with Crippen molar-refractivity contribution in [1.82, 2.24) is 24.6 Å². The fourth-order valence-corrected chi connectivity index (χ4v) is 3.92. The van der Waals surface area contributed by atoms with Crippen molar-refractivity contribution in [1.29, 1.82) is 0 Å². The minimum atomic E-state index is -0.719. The van der Waals surface area contributed by atoms with Gasteiger partial charge in [-0.2, -0.15) is 5.10 Å². The van der Waals surface area contributed by atoms with Gasteiger partial charge in [0.25, 0.3) is 11.7 Å². The van der Waals surface area contributed by atoms with E-state index in [1.165, 1.54) is 11.1 Å². The van der Waals surface area contributed by atoms with Crippen LogP contribution < -0.4 is 0 Å². The topological polar surface area (TPSA) is 91.6 Å². The largest absolute Gasteiger partial charge is 0.507 e. The van der Waals surface area contributed by atoms with E-state index < -0.39 is 17.7 Å². The van der Waals surface area contributed by atoms with Crippen LogP contribution in [0.4, 0.5) is 0 Å². The molecule has 0 radical (unpaired) electrons. The first-order chi connectivity index (χ1) is 15.4. The maximum atomic E-state index is 13.1. The molecule has 0 saturated carbocycles. The first-order valence-corrected chi connectivity index (χ1v) is 10.3. The number of likely N-dealkylation sites (tertiary alicyclic amines) is 1. The lowest BCUT2D eigenvalue weighted by Crippen LogP contribution is -2.35. The lowest BCUT2D eigenvalue weighted by atomic mass is 9.96. The van der Waals surface area contributed by atoms with Crippen LogP contribution in [0, 0.1) is 6.92 Å². The Balaban J connectivity index is 1.83. The predicted octanol–water partition coefficient (Wildman–Crippen LogP) is 2.56. The molecule has 8 nitrogen and oxygen atoms in total. The average molecular weight is 431 g/mol. The normalized spacial score (nSPS) is 18.0. The van der Waals surface area contributed by atoms with Gasteiger partial charge in [-0.3, -0.25) is 14.6 Å². The van der Waals surface area contributed by atoms with E-state index >= 15 is 0 Å². The van der Waals surface area contributed by atoms with Gasteiger partial charge in [-0.25, -0.2) is 4.68 Å². The number of para-hydroxylation sites is 1. The number of ketones is 1. The molecule has 4 rings (SSSR count). The lowest BCUT2D eigenvalue weighted by Gasteiger charge is -2.26. The van der Waals surface area contributed by atoms with Crippen LogP contribution in [-0.2, 0) is 9.59 Å². The molecule has 1 amide bonds. The van der Waals surface area contributed by atoms with E-state index in [0.29, 0.717) is 29.9 Å². The molecule has 3 aromatic rings. The number of aliphatic hydroxyl groups is 1. The Kier molecular flexibility index (Phi) is 5.87. The van der Waals surface area contributed by atoms with Crippen molar-refractivity contribution in [3.8, 4) is 5.69 Å². The molecule has 0 aliphatic carbocycles. The van der Waals surface area contributed by atoms with E-state index in [1.807, 2.05) is 56.3 Å². The van der Waals surface area contributed by atoms with E-state index in [1.54, 1.807) is 29.2 Å². The number of Topliss-reactive ketones (excluding diaryl/α,β-unsaturated/α-hetero) is 1. The Morgan fingerprint density at radius 2 is 1.84 bits per heavy atom. The van der Waals surface area contributed by atoms with Crippen LogP contribution in [0.3, 0.4) is 0 Å². The van der Waals surface area contributed by atoms with Crippen molar-refractivity contribution in [2.24, 2.45) is 0 Å². The summed E-state index contributed by atoms with van der Waals surface area (Å²) in [5.74, 6) is -1.57. The molecule has 1 aromatic carbocycles. The van der Waals surface area contributed by atoms with E-state index in [-0.39, 0.29) is 11.3 Å². The fraction of sp³-hybridized carbons (Fsp3) is 0.250. The smallest absolute Gasteiger partial charge is 0.295 e. The fourth-order valence-electron chi connectivity index (χ4n) is 3.92. The van der Waals surface area contributed by atoms with Gasteiger partial charge in [0.1, 0.15) is 5.76 Å². The zero-order valence-electron chi connectivity index (χ0n) is 18.3. The van der Waals surface area contributed by atoms with Crippen molar-refractivity contribution in [3.63, 3.8) is 0 Å². The molecule has 0 bridgehead atoms. The molecule has 8 heteroatoms.